The zero-order valence-corrected chi connectivity index (χ0v) is 15.2. The summed E-state index contributed by atoms with van der Waals surface area (Å²) in [5.41, 5.74) is 1.25. The molecule has 0 aliphatic rings. The Labute approximate surface area is 149 Å². The molecule has 6 heteroatoms. The lowest BCUT2D eigenvalue weighted by molar-refractivity contribution is -0.120. The molecule has 0 aromatic heterocycles. The zero-order valence-electron chi connectivity index (χ0n) is 13.6. The second-order valence-electron chi connectivity index (χ2n) is 5.06. The number of benzene rings is 2. The van der Waals surface area contributed by atoms with Crippen molar-refractivity contribution in [3.8, 4) is 5.75 Å². The van der Waals surface area contributed by atoms with E-state index in [2.05, 4.69) is 21.2 Å². The van der Waals surface area contributed by atoms with Gasteiger partial charge in [-0.3, -0.25) is 9.59 Å². The number of hydrogen-bond acceptors (Lipinski definition) is 3. The van der Waals surface area contributed by atoms with E-state index in [0.29, 0.717) is 23.7 Å². The Kier molecular flexibility index (Phi) is 6.37. The van der Waals surface area contributed by atoms with Crippen molar-refractivity contribution < 1.29 is 14.3 Å². The van der Waals surface area contributed by atoms with Gasteiger partial charge in [0, 0.05) is 17.1 Å². The fourth-order valence-electron chi connectivity index (χ4n) is 2.19. The maximum Gasteiger partial charge on any atom is 0.244 e. The molecule has 0 saturated carbocycles. The summed E-state index contributed by atoms with van der Waals surface area (Å²) in [4.78, 5) is 25.7. The lowest BCUT2D eigenvalue weighted by atomic mass is 10.2. The minimum atomic E-state index is -0.291. The highest BCUT2D eigenvalue weighted by Gasteiger charge is 2.16. The molecule has 0 spiro atoms. The molecular formula is C18H19BrN2O3. The normalized spacial score (nSPS) is 10.1. The lowest BCUT2D eigenvalue weighted by Crippen LogP contribution is -2.36. The van der Waals surface area contributed by atoms with Gasteiger partial charge in [-0.05, 0) is 43.3 Å². The number of hydrogen-bond donors (Lipinski definition) is 1. The quantitative estimate of drug-likeness (QED) is 0.814. The largest absolute Gasteiger partial charge is 0.492 e. The van der Waals surface area contributed by atoms with Crippen LogP contribution in [0.2, 0.25) is 0 Å². The van der Waals surface area contributed by atoms with E-state index >= 15 is 0 Å². The van der Waals surface area contributed by atoms with Gasteiger partial charge in [0.1, 0.15) is 12.3 Å². The van der Waals surface area contributed by atoms with E-state index < -0.39 is 0 Å². The Hall–Kier alpha value is -2.34. The molecule has 0 saturated heterocycles. The monoisotopic (exact) mass is 390 g/mol. The number of carbonyl (C=O) groups excluding carboxylic acids is 2. The Morgan fingerprint density at radius 2 is 1.79 bits per heavy atom. The average molecular weight is 391 g/mol. The summed E-state index contributed by atoms with van der Waals surface area (Å²) >= 11 is 3.35. The number of para-hydroxylation sites is 2. The molecule has 2 rings (SSSR count). The van der Waals surface area contributed by atoms with Crippen molar-refractivity contribution in [3.05, 3.63) is 53.0 Å². The molecule has 0 fully saturated rings. The van der Waals surface area contributed by atoms with Crippen LogP contribution in [0.1, 0.15) is 13.8 Å². The number of nitrogens with one attached hydrogen (secondary N) is 1. The second-order valence-corrected chi connectivity index (χ2v) is 5.97. The molecule has 0 unspecified atom stereocenters. The second kappa shape index (κ2) is 8.49. The third-order valence-corrected chi connectivity index (χ3v) is 3.81. The summed E-state index contributed by atoms with van der Waals surface area (Å²) in [5.74, 6) is 0.109. The first-order valence-corrected chi connectivity index (χ1v) is 8.36. The van der Waals surface area contributed by atoms with E-state index in [9.17, 15) is 9.59 Å². The fourth-order valence-corrected chi connectivity index (χ4v) is 2.45. The number of ether oxygens (including phenoxy) is 1. The minimum absolute atomic E-state index is 0.0720. The highest BCUT2D eigenvalue weighted by Crippen LogP contribution is 2.24. The van der Waals surface area contributed by atoms with Gasteiger partial charge in [0.15, 0.2) is 0 Å². The zero-order chi connectivity index (χ0) is 17.5. The fraction of sp³-hybridized carbons (Fsp3) is 0.222. The molecule has 0 aliphatic heterocycles. The molecule has 2 amide bonds. The van der Waals surface area contributed by atoms with Crippen LogP contribution in [0, 0.1) is 0 Å². The van der Waals surface area contributed by atoms with E-state index in [1.165, 1.54) is 11.8 Å². The molecule has 0 aliphatic carbocycles. The molecule has 0 atom stereocenters. The predicted molar refractivity (Wildman–Crippen MR) is 98.4 cm³/mol. The molecule has 2 aromatic carbocycles. The highest BCUT2D eigenvalue weighted by atomic mass is 79.9. The van der Waals surface area contributed by atoms with Gasteiger partial charge in [-0.15, -0.1) is 0 Å². The summed E-state index contributed by atoms with van der Waals surface area (Å²) in [7, 11) is 0. The maximum absolute atomic E-state index is 12.4. The van der Waals surface area contributed by atoms with Crippen LogP contribution >= 0.6 is 15.9 Å². The average Bonchev–Trinajstić information content (AvgIpc) is 2.55. The van der Waals surface area contributed by atoms with Crippen LogP contribution in [0.25, 0.3) is 0 Å². The van der Waals surface area contributed by atoms with E-state index in [-0.39, 0.29) is 18.4 Å². The van der Waals surface area contributed by atoms with Crippen molar-refractivity contribution in [2.45, 2.75) is 13.8 Å². The predicted octanol–water partition coefficient (Wildman–Crippen LogP) is 3.84. The number of amides is 2. The van der Waals surface area contributed by atoms with Crippen LogP contribution in [0.5, 0.6) is 5.75 Å². The van der Waals surface area contributed by atoms with Crippen molar-refractivity contribution in [2.24, 2.45) is 0 Å². The summed E-state index contributed by atoms with van der Waals surface area (Å²) in [5, 5.41) is 2.79. The molecule has 0 radical (unpaired) electrons. The number of halogens is 1. The van der Waals surface area contributed by atoms with Gasteiger partial charge in [0.05, 0.1) is 12.3 Å². The number of anilines is 2. The molecule has 2 aromatic rings. The molecule has 126 valence electrons. The van der Waals surface area contributed by atoms with E-state index in [4.69, 9.17) is 4.74 Å². The van der Waals surface area contributed by atoms with Gasteiger partial charge >= 0.3 is 0 Å². The molecule has 24 heavy (non-hydrogen) atoms. The standard InChI is InChI=1S/C18H19BrN2O3/c1-3-24-17-7-5-4-6-16(17)20-18(23)12-21(13(2)22)15-10-8-14(19)9-11-15/h4-11H,3,12H2,1-2H3,(H,20,23). The van der Waals surface area contributed by atoms with Crippen LogP contribution in [-0.4, -0.2) is 25.0 Å². The van der Waals surface area contributed by atoms with Crippen LogP contribution in [-0.2, 0) is 9.59 Å². The van der Waals surface area contributed by atoms with Gasteiger partial charge in [0.25, 0.3) is 0 Å². The highest BCUT2D eigenvalue weighted by molar-refractivity contribution is 9.10. The molecule has 5 nitrogen and oxygen atoms in total. The van der Waals surface area contributed by atoms with E-state index in [0.717, 1.165) is 4.47 Å². The van der Waals surface area contributed by atoms with Crippen molar-refractivity contribution in [1.29, 1.82) is 0 Å². The van der Waals surface area contributed by atoms with E-state index in [1.54, 1.807) is 24.3 Å². The van der Waals surface area contributed by atoms with Crippen LogP contribution < -0.4 is 15.0 Å². The molecule has 0 heterocycles. The third kappa shape index (κ3) is 4.83. The summed E-state index contributed by atoms with van der Waals surface area (Å²) in [6.45, 7) is 3.75. The van der Waals surface area contributed by atoms with E-state index in [1.807, 2.05) is 31.2 Å². The van der Waals surface area contributed by atoms with Gasteiger partial charge in [0.2, 0.25) is 11.8 Å². The first-order valence-electron chi connectivity index (χ1n) is 7.56. The summed E-state index contributed by atoms with van der Waals surface area (Å²) < 4.78 is 6.39. The summed E-state index contributed by atoms with van der Waals surface area (Å²) in [6.07, 6.45) is 0. The van der Waals surface area contributed by atoms with Crippen LogP contribution in [0.15, 0.2) is 53.0 Å². The topological polar surface area (TPSA) is 58.6 Å². The van der Waals surface area contributed by atoms with Gasteiger partial charge < -0.3 is 15.0 Å². The Morgan fingerprint density at radius 3 is 2.42 bits per heavy atom. The third-order valence-electron chi connectivity index (χ3n) is 3.28. The van der Waals surface area contributed by atoms with Gasteiger partial charge in [-0.2, -0.15) is 0 Å². The van der Waals surface area contributed by atoms with Crippen molar-refractivity contribution in [1.82, 2.24) is 0 Å². The number of rotatable bonds is 6. The van der Waals surface area contributed by atoms with Crippen molar-refractivity contribution in [2.75, 3.05) is 23.4 Å². The first-order chi connectivity index (χ1) is 11.5. The first kappa shape index (κ1) is 18.0. The Bertz CT molecular complexity index is 716. The van der Waals surface area contributed by atoms with Crippen LogP contribution in [0.3, 0.4) is 0 Å². The lowest BCUT2D eigenvalue weighted by Gasteiger charge is -2.21. The van der Waals surface area contributed by atoms with Gasteiger partial charge in [-0.25, -0.2) is 0 Å². The number of nitrogens with zero attached hydrogens (tertiary/aromatic N) is 1. The maximum atomic E-state index is 12.4. The van der Waals surface area contributed by atoms with Crippen molar-refractivity contribution in [3.63, 3.8) is 0 Å². The smallest absolute Gasteiger partial charge is 0.244 e. The minimum Gasteiger partial charge on any atom is -0.492 e. The summed E-state index contributed by atoms with van der Waals surface area (Å²) in [6, 6.07) is 14.4. The molecule has 1 N–H and O–H groups in total. The Balaban J connectivity index is 2.11. The van der Waals surface area contributed by atoms with Gasteiger partial charge in [-0.1, -0.05) is 28.1 Å². The Morgan fingerprint density at radius 1 is 1.12 bits per heavy atom. The number of carbonyl (C=O) groups is 2. The molecule has 0 bridgehead atoms. The van der Waals surface area contributed by atoms with Crippen molar-refractivity contribution >= 4 is 39.1 Å². The van der Waals surface area contributed by atoms with Crippen LogP contribution in [0.4, 0.5) is 11.4 Å². The SMILES string of the molecule is CCOc1ccccc1NC(=O)CN(C(C)=O)c1ccc(Br)cc1. The molecular weight excluding hydrogens is 372 g/mol.